The molecule has 0 saturated heterocycles. The van der Waals surface area contributed by atoms with Gasteiger partial charge in [-0.2, -0.15) is 0 Å². The molecule has 11 heteroatoms. The van der Waals surface area contributed by atoms with Crippen LogP contribution >= 0.6 is 15.9 Å². The number of carbonyl (C=O) groups excluding carboxylic acids is 1. The van der Waals surface area contributed by atoms with Crippen LogP contribution in [0.15, 0.2) is 58.3 Å². The Balaban J connectivity index is 1.53. The average molecular weight is 473 g/mol. The van der Waals surface area contributed by atoms with Crippen molar-refractivity contribution < 1.29 is 20.0 Å². The van der Waals surface area contributed by atoms with E-state index in [2.05, 4.69) is 41.0 Å². The fraction of sp³-hybridized carbons (Fsp3) is 0.158. The van der Waals surface area contributed by atoms with Crippen LogP contribution in [0, 0.1) is 0 Å². The SMILES string of the molecule is O=C(c1cccc(CON(O)O)c1)N1CCN=C1Nc1ccc2nccnc2c1Br. The van der Waals surface area contributed by atoms with E-state index in [4.69, 9.17) is 10.4 Å². The molecule has 0 fully saturated rings. The number of nitrogens with zero attached hydrogens (tertiary/aromatic N) is 5. The van der Waals surface area contributed by atoms with Crippen molar-refractivity contribution in [2.24, 2.45) is 4.99 Å². The van der Waals surface area contributed by atoms with Gasteiger partial charge in [-0.1, -0.05) is 12.1 Å². The first kappa shape index (κ1) is 20.3. The third kappa shape index (κ3) is 4.30. The molecular formula is C19H17BrN6O4. The largest absolute Gasteiger partial charge is 0.325 e. The molecule has 0 unspecified atom stereocenters. The van der Waals surface area contributed by atoms with Crippen LogP contribution in [0.5, 0.6) is 0 Å². The predicted molar refractivity (Wildman–Crippen MR) is 111 cm³/mol. The molecule has 10 nitrogen and oxygen atoms in total. The fourth-order valence-corrected chi connectivity index (χ4v) is 3.59. The Kier molecular flexibility index (Phi) is 5.97. The van der Waals surface area contributed by atoms with E-state index >= 15 is 0 Å². The summed E-state index contributed by atoms with van der Waals surface area (Å²) < 4.78 is 0.729. The molecular weight excluding hydrogens is 456 g/mol. The molecule has 1 aromatic heterocycles. The molecule has 3 aromatic rings. The molecule has 0 atom stereocenters. The van der Waals surface area contributed by atoms with E-state index in [1.54, 1.807) is 41.6 Å². The first-order valence-electron chi connectivity index (χ1n) is 8.95. The topological polar surface area (TPSA) is 123 Å². The smallest absolute Gasteiger partial charge is 0.260 e. The van der Waals surface area contributed by atoms with Crippen LogP contribution in [0.3, 0.4) is 0 Å². The summed E-state index contributed by atoms with van der Waals surface area (Å²) in [5.74, 6) is 0.199. The Labute approximate surface area is 179 Å². The molecule has 0 bridgehead atoms. The zero-order valence-electron chi connectivity index (χ0n) is 15.6. The summed E-state index contributed by atoms with van der Waals surface area (Å²) >= 11 is 3.55. The van der Waals surface area contributed by atoms with Crippen LogP contribution in [0.1, 0.15) is 15.9 Å². The van der Waals surface area contributed by atoms with Gasteiger partial charge >= 0.3 is 0 Å². The Morgan fingerprint density at radius 2 is 2.07 bits per heavy atom. The number of halogens is 1. The Morgan fingerprint density at radius 1 is 1.23 bits per heavy atom. The van der Waals surface area contributed by atoms with Gasteiger partial charge in [0.1, 0.15) is 5.52 Å². The highest BCUT2D eigenvalue weighted by molar-refractivity contribution is 9.10. The third-order valence-corrected chi connectivity index (χ3v) is 5.23. The molecule has 4 rings (SSSR count). The maximum absolute atomic E-state index is 13.1. The second-order valence-electron chi connectivity index (χ2n) is 6.36. The lowest BCUT2D eigenvalue weighted by atomic mass is 10.1. The zero-order valence-corrected chi connectivity index (χ0v) is 17.2. The van der Waals surface area contributed by atoms with E-state index in [1.807, 2.05) is 12.1 Å². The number of aliphatic imine (C=N–C) groups is 1. The van der Waals surface area contributed by atoms with Gasteiger partial charge in [0.2, 0.25) is 5.96 Å². The number of rotatable bonds is 5. The van der Waals surface area contributed by atoms with Crippen LogP contribution in [-0.4, -0.2) is 55.6 Å². The number of aromatic nitrogens is 2. The van der Waals surface area contributed by atoms with Gasteiger partial charge in [-0.3, -0.25) is 35.1 Å². The average Bonchev–Trinajstić information content (AvgIpc) is 3.22. The lowest BCUT2D eigenvalue weighted by Gasteiger charge is -2.20. The van der Waals surface area contributed by atoms with Gasteiger partial charge in [0, 0.05) is 24.5 Å². The van der Waals surface area contributed by atoms with Crippen LogP contribution < -0.4 is 5.32 Å². The molecule has 2 heterocycles. The van der Waals surface area contributed by atoms with Crippen LogP contribution in [-0.2, 0) is 11.4 Å². The summed E-state index contributed by atoms with van der Waals surface area (Å²) in [6, 6.07) is 10.4. The minimum Gasteiger partial charge on any atom is -0.325 e. The third-order valence-electron chi connectivity index (χ3n) is 4.43. The van der Waals surface area contributed by atoms with Crippen LogP contribution in [0.25, 0.3) is 11.0 Å². The van der Waals surface area contributed by atoms with Crippen molar-refractivity contribution in [1.82, 2.24) is 20.3 Å². The number of nitrogens with one attached hydrogen (secondary N) is 1. The van der Waals surface area contributed by atoms with E-state index in [0.717, 1.165) is 15.7 Å². The molecule has 0 aliphatic carbocycles. The standard InChI is InChI=1S/C19H17BrN6O4/c20-16-14(4-5-15-17(16)22-7-6-21-15)24-19-23-8-9-25(19)18(27)13-3-1-2-12(10-13)11-30-26(28)29/h1-7,10,28-29H,8-9,11H2,(H,23,24). The van der Waals surface area contributed by atoms with E-state index in [1.165, 1.54) is 0 Å². The fourth-order valence-electron chi connectivity index (χ4n) is 3.05. The first-order chi connectivity index (χ1) is 14.5. The summed E-state index contributed by atoms with van der Waals surface area (Å²) in [4.78, 5) is 32.2. The number of carbonyl (C=O) groups is 1. The number of hydrogen-bond donors (Lipinski definition) is 3. The molecule has 1 aliphatic heterocycles. The highest BCUT2D eigenvalue weighted by Crippen LogP contribution is 2.29. The second-order valence-corrected chi connectivity index (χ2v) is 7.16. The van der Waals surface area contributed by atoms with Gasteiger partial charge < -0.3 is 5.32 Å². The Bertz CT molecular complexity index is 1120. The second kappa shape index (κ2) is 8.81. The molecule has 154 valence electrons. The van der Waals surface area contributed by atoms with E-state index in [9.17, 15) is 4.79 Å². The van der Waals surface area contributed by atoms with Crippen molar-refractivity contribution in [1.29, 1.82) is 0 Å². The molecule has 0 radical (unpaired) electrons. The maximum atomic E-state index is 13.1. The monoisotopic (exact) mass is 472 g/mol. The molecule has 0 saturated carbocycles. The van der Waals surface area contributed by atoms with E-state index < -0.39 is 0 Å². The maximum Gasteiger partial charge on any atom is 0.260 e. The van der Waals surface area contributed by atoms with Crippen molar-refractivity contribution >= 4 is 44.5 Å². The number of guanidine groups is 1. The molecule has 2 aromatic carbocycles. The number of amides is 1. The van der Waals surface area contributed by atoms with E-state index in [0.29, 0.717) is 35.7 Å². The van der Waals surface area contributed by atoms with Gasteiger partial charge in [0.25, 0.3) is 5.91 Å². The Hall–Kier alpha value is -2.96. The number of fused-ring (bicyclic) bond motifs is 1. The Morgan fingerprint density at radius 3 is 2.90 bits per heavy atom. The lowest BCUT2D eigenvalue weighted by molar-refractivity contribution is -0.497. The molecule has 3 N–H and O–H groups in total. The summed E-state index contributed by atoms with van der Waals surface area (Å²) in [6.45, 7) is 0.818. The summed E-state index contributed by atoms with van der Waals surface area (Å²) in [5.41, 5.74) is 3.21. The molecule has 1 aliphatic rings. The van der Waals surface area contributed by atoms with Gasteiger partial charge in [0.05, 0.1) is 34.2 Å². The lowest BCUT2D eigenvalue weighted by Crippen LogP contribution is -2.38. The minimum absolute atomic E-state index is 0.0988. The first-order valence-corrected chi connectivity index (χ1v) is 9.74. The van der Waals surface area contributed by atoms with Gasteiger partial charge in [-0.15, -0.1) is 0 Å². The van der Waals surface area contributed by atoms with Gasteiger partial charge in [-0.05, 0) is 45.8 Å². The van der Waals surface area contributed by atoms with Crippen molar-refractivity contribution in [3.05, 3.63) is 64.4 Å². The summed E-state index contributed by atoms with van der Waals surface area (Å²) in [5, 5.41) is 20.2. The van der Waals surface area contributed by atoms with Crippen molar-refractivity contribution in [3.8, 4) is 0 Å². The van der Waals surface area contributed by atoms with E-state index in [-0.39, 0.29) is 17.9 Å². The van der Waals surface area contributed by atoms with Crippen molar-refractivity contribution in [3.63, 3.8) is 0 Å². The van der Waals surface area contributed by atoms with Crippen molar-refractivity contribution in [2.75, 3.05) is 18.4 Å². The predicted octanol–water partition coefficient (Wildman–Crippen LogP) is 2.83. The van der Waals surface area contributed by atoms with Gasteiger partial charge in [-0.25, -0.2) is 4.84 Å². The molecule has 1 amide bonds. The highest BCUT2D eigenvalue weighted by Gasteiger charge is 2.26. The van der Waals surface area contributed by atoms with Crippen LogP contribution in [0.2, 0.25) is 0 Å². The highest BCUT2D eigenvalue weighted by atomic mass is 79.9. The van der Waals surface area contributed by atoms with Crippen LogP contribution in [0.4, 0.5) is 5.69 Å². The van der Waals surface area contributed by atoms with Gasteiger partial charge in [0.15, 0.2) is 0 Å². The normalized spacial score (nSPS) is 13.7. The molecule has 0 spiro atoms. The minimum atomic E-state index is -0.366. The van der Waals surface area contributed by atoms with Crippen molar-refractivity contribution in [2.45, 2.75) is 6.61 Å². The number of benzene rings is 2. The number of anilines is 1. The summed E-state index contributed by atoms with van der Waals surface area (Å²) in [7, 11) is 0. The zero-order chi connectivity index (χ0) is 21.1. The summed E-state index contributed by atoms with van der Waals surface area (Å²) in [6.07, 6.45) is 3.24. The quantitative estimate of drug-likeness (QED) is 0.484. The molecule has 30 heavy (non-hydrogen) atoms. The number of hydrogen-bond acceptors (Lipinski definition) is 9.